The maximum absolute atomic E-state index is 14.2. The Hall–Kier alpha value is -1.53. The van der Waals surface area contributed by atoms with Crippen LogP contribution in [-0.2, 0) is 12.1 Å². The van der Waals surface area contributed by atoms with Gasteiger partial charge in [0, 0.05) is 5.56 Å². The predicted octanol–water partition coefficient (Wildman–Crippen LogP) is 3.01. The lowest BCUT2D eigenvalue weighted by Crippen LogP contribution is -2.40. The van der Waals surface area contributed by atoms with Gasteiger partial charge in [-0.3, -0.25) is 9.78 Å². The van der Waals surface area contributed by atoms with Gasteiger partial charge in [0.05, 0.1) is 6.54 Å². The van der Waals surface area contributed by atoms with Crippen molar-refractivity contribution in [1.29, 1.82) is 0 Å². The number of benzene rings is 1. The Morgan fingerprint density at radius 1 is 1.52 bits per heavy atom. The summed E-state index contributed by atoms with van der Waals surface area (Å²) in [5.41, 5.74) is -0.988. The Morgan fingerprint density at radius 2 is 2.24 bits per heavy atom. The van der Waals surface area contributed by atoms with Crippen molar-refractivity contribution in [2.45, 2.75) is 31.9 Å². The van der Waals surface area contributed by atoms with Gasteiger partial charge in [0.2, 0.25) is 4.77 Å². The Balaban J connectivity index is 2.04. The number of nitrogens with one attached hydrogen (secondary N) is 1. The normalized spacial score (nSPS) is 19.2. The van der Waals surface area contributed by atoms with Gasteiger partial charge in [0.25, 0.3) is 0 Å². The van der Waals surface area contributed by atoms with Crippen molar-refractivity contribution in [2.24, 2.45) is 11.8 Å². The molecule has 2 aromatic rings. The van der Waals surface area contributed by atoms with Gasteiger partial charge in [0.15, 0.2) is 0 Å². The Bertz CT molecular complexity index is 694. The fourth-order valence-corrected chi connectivity index (χ4v) is 3.08. The van der Waals surface area contributed by atoms with Crippen molar-refractivity contribution in [3.8, 4) is 0 Å². The highest BCUT2D eigenvalue weighted by molar-refractivity contribution is 7.71. The van der Waals surface area contributed by atoms with Gasteiger partial charge in [-0.2, -0.15) is 0 Å². The van der Waals surface area contributed by atoms with E-state index in [-0.39, 0.29) is 12.5 Å². The third-order valence-corrected chi connectivity index (χ3v) is 4.77. The minimum absolute atomic E-state index is 0.0559. The average Bonchev–Trinajstić information content (AvgIpc) is 3.24. The summed E-state index contributed by atoms with van der Waals surface area (Å²) in [6.07, 6.45) is 3.63. The van der Waals surface area contributed by atoms with Gasteiger partial charge in [-0.1, -0.05) is 25.1 Å². The molecular weight excluding hydrogens is 289 g/mol. The first kappa shape index (κ1) is 14.4. The number of aromatic nitrogens is 3. The highest BCUT2D eigenvalue weighted by Crippen LogP contribution is 2.46. The standard InChI is InChI=1S/C15H18FN3OS/c1-10(11-6-7-11)15(20,8-19-14(21)17-9-18-19)12-4-2-3-5-13(12)16/h2-5,9-11,20H,6-8H2,1H3,(H,17,18,21). The summed E-state index contributed by atoms with van der Waals surface area (Å²) < 4.78 is 16.2. The van der Waals surface area contributed by atoms with Gasteiger partial charge < -0.3 is 5.11 Å². The van der Waals surface area contributed by atoms with Crippen LogP contribution in [0.15, 0.2) is 30.6 Å². The smallest absolute Gasteiger partial charge is 0.215 e. The second kappa shape index (κ2) is 5.35. The molecule has 1 aromatic carbocycles. The summed E-state index contributed by atoms with van der Waals surface area (Å²) in [5.74, 6) is -0.0233. The quantitative estimate of drug-likeness (QED) is 0.835. The van der Waals surface area contributed by atoms with Crippen LogP contribution < -0.4 is 0 Å². The molecule has 1 aliphatic carbocycles. The molecule has 2 unspecified atom stereocenters. The van der Waals surface area contributed by atoms with Crippen LogP contribution in [0.1, 0.15) is 25.3 Å². The summed E-state index contributed by atoms with van der Waals surface area (Å²) >= 11 is 5.12. The minimum atomic E-state index is -1.31. The van der Waals surface area contributed by atoms with Crippen molar-refractivity contribution >= 4 is 12.2 Å². The van der Waals surface area contributed by atoms with Crippen LogP contribution in [-0.4, -0.2) is 19.9 Å². The largest absolute Gasteiger partial charge is 0.383 e. The highest BCUT2D eigenvalue weighted by atomic mass is 32.1. The number of aliphatic hydroxyl groups is 1. The molecule has 0 saturated heterocycles. The zero-order valence-electron chi connectivity index (χ0n) is 11.8. The molecule has 4 nitrogen and oxygen atoms in total. The number of nitrogens with zero attached hydrogens (tertiary/aromatic N) is 2. The Labute approximate surface area is 127 Å². The van der Waals surface area contributed by atoms with Crippen LogP contribution in [0.4, 0.5) is 4.39 Å². The molecule has 1 heterocycles. The van der Waals surface area contributed by atoms with Gasteiger partial charge in [0.1, 0.15) is 17.7 Å². The molecule has 112 valence electrons. The van der Waals surface area contributed by atoms with Crippen molar-refractivity contribution in [3.63, 3.8) is 0 Å². The van der Waals surface area contributed by atoms with E-state index in [0.29, 0.717) is 16.3 Å². The van der Waals surface area contributed by atoms with Crippen LogP contribution in [0.2, 0.25) is 0 Å². The number of H-pyrrole nitrogens is 1. The van der Waals surface area contributed by atoms with E-state index in [4.69, 9.17) is 12.2 Å². The molecule has 1 aliphatic rings. The van der Waals surface area contributed by atoms with Crippen LogP contribution in [0.3, 0.4) is 0 Å². The molecule has 21 heavy (non-hydrogen) atoms. The summed E-state index contributed by atoms with van der Waals surface area (Å²) in [6.45, 7) is 2.15. The fraction of sp³-hybridized carbons (Fsp3) is 0.467. The Morgan fingerprint density at radius 3 is 2.81 bits per heavy atom. The second-order valence-corrected chi connectivity index (χ2v) is 6.15. The molecule has 2 atom stereocenters. The summed E-state index contributed by atoms with van der Waals surface area (Å²) in [5, 5.41) is 14.2. The van der Waals surface area contributed by atoms with E-state index in [1.807, 2.05) is 6.92 Å². The SMILES string of the molecule is CC(C1CC1)C(O)(Cn1[nH]cnc1=S)c1ccccc1F. The number of aromatic amines is 1. The summed E-state index contributed by atoms with van der Waals surface area (Å²) in [6, 6.07) is 6.40. The van der Waals surface area contributed by atoms with Crippen LogP contribution in [0.25, 0.3) is 0 Å². The lowest BCUT2D eigenvalue weighted by Gasteiger charge is -2.35. The van der Waals surface area contributed by atoms with E-state index in [0.717, 1.165) is 12.8 Å². The van der Waals surface area contributed by atoms with E-state index >= 15 is 0 Å². The van der Waals surface area contributed by atoms with Gasteiger partial charge in [-0.15, -0.1) is 0 Å². The van der Waals surface area contributed by atoms with Crippen LogP contribution >= 0.6 is 12.2 Å². The van der Waals surface area contributed by atoms with Gasteiger partial charge in [-0.05, 0) is 43.0 Å². The van der Waals surface area contributed by atoms with Crippen molar-refractivity contribution < 1.29 is 9.50 Å². The first-order valence-electron chi connectivity index (χ1n) is 7.10. The molecular formula is C15H18FN3OS. The lowest BCUT2D eigenvalue weighted by molar-refractivity contribution is -0.0473. The van der Waals surface area contributed by atoms with Gasteiger partial charge in [-0.25, -0.2) is 9.37 Å². The zero-order valence-corrected chi connectivity index (χ0v) is 12.6. The topological polar surface area (TPSA) is 53.8 Å². The third-order valence-electron chi connectivity index (χ3n) is 4.44. The maximum Gasteiger partial charge on any atom is 0.215 e. The molecule has 3 rings (SSSR count). The molecule has 0 radical (unpaired) electrons. The van der Waals surface area contributed by atoms with E-state index in [2.05, 4.69) is 10.1 Å². The third kappa shape index (κ3) is 2.65. The predicted molar refractivity (Wildman–Crippen MR) is 79.6 cm³/mol. The Kier molecular flexibility index (Phi) is 3.67. The first-order valence-corrected chi connectivity index (χ1v) is 7.51. The first-order chi connectivity index (χ1) is 10.0. The van der Waals surface area contributed by atoms with Gasteiger partial charge >= 0.3 is 0 Å². The summed E-state index contributed by atoms with van der Waals surface area (Å²) in [4.78, 5) is 3.95. The lowest BCUT2D eigenvalue weighted by atomic mass is 9.79. The molecule has 1 saturated carbocycles. The van der Waals surface area contributed by atoms with E-state index < -0.39 is 11.4 Å². The molecule has 0 amide bonds. The molecule has 1 aromatic heterocycles. The van der Waals surface area contributed by atoms with Crippen LogP contribution in [0.5, 0.6) is 0 Å². The van der Waals surface area contributed by atoms with Crippen LogP contribution in [0, 0.1) is 22.4 Å². The van der Waals surface area contributed by atoms with Crippen molar-refractivity contribution in [2.75, 3.05) is 0 Å². The monoisotopic (exact) mass is 307 g/mol. The second-order valence-electron chi connectivity index (χ2n) is 5.79. The number of hydrogen-bond acceptors (Lipinski definition) is 3. The molecule has 0 spiro atoms. The van der Waals surface area contributed by atoms with Crippen molar-refractivity contribution in [3.05, 3.63) is 46.7 Å². The number of hydrogen-bond donors (Lipinski definition) is 2. The van der Waals surface area contributed by atoms with E-state index in [1.54, 1.807) is 22.9 Å². The molecule has 1 fully saturated rings. The highest BCUT2D eigenvalue weighted by Gasteiger charge is 2.45. The molecule has 0 bridgehead atoms. The van der Waals surface area contributed by atoms with Crippen molar-refractivity contribution in [1.82, 2.24) is 14.8 Å². The maximum atomic E-state index is 14.2. The molecule has 6 heteroatoms. The number of rotatable bonds is 5. The molecule has 2 N–H and O–H groups in total. The summed E-state index contributed by atoms with van der Waals surface area (Å²) in [7, 11) is 0. The fourth-order valence-electron chi connectivity index (χ4n) is 2.91. The average molecular weight is 307 g/mol. The van der Waals surface area contributed by atoms with E-state index in [1.165, 1.54) is 12.4 Å². The number of halogens is 1. The molecule has 0 aliphatic heterocycles. The minimum Gasteiger partial charge on any atom is -0.383 e. The van der Waals surface area contributed by atoms with E-state index in [9.17, 15) is 9.50 Å². The zero-order chi connectivity index (χ0) is 15.0.